The summed E-state index contributed by atoms with van der Waals surface area (Å²) < 4.78 is 0. The molecule has 1 aliphatic rings. The molecule has 2 amide bonds. The van der Waals surface area contributed by atoms with E-state index in [0.717, 1.165) is 29.0 Å². The average Bonchev–Trinajstić information content (AvgIpc) is 3.27. The Morgan fingerprint density at radius 2 is 1.86 bits per heavy atom. The summed E-state index contributed by atoms with van der Waals surface area (Å²) in [6.07, 6.45) is 1.55. The second kappa shape index (κ2) is 8.12. The maximum absolute atomic E-state index is 12.6. The molecule has 2 N–H and O–H groups in total. The van der Waals surface area contributed by atoms with E-state index in [1.807, 2.05) is 30.3 Å². The van der Waals surface area contributed by atoms with Gasteiger partial charge in [0.15, 0.2) is 5.13 Å². The van der Waals surface area contributed by atoms with Crippen LogP contribution in [0.1, 0.15) is 38.8 Å². The van der Waals surface area contributed by atoms with Crippen molar-refractivity contribution in [2.75, 3.05) is 5.32 Å². The van der Waals surface area contributed by atoms with Crippen LogP contribution in [0.25, 0.3) is 0 Å². The third kappa shape index (κ3) is 4.08. The summed E-state index contributed by atoms with van der Waals surface area (Å²) in [7, 11) is 0. The molecule has 0 saturated carbocycles. The van der Waals surface area contributed by atoms with Crippen LogP contribution in [0, 0.1) is 0 Å². The molecule has 0 spiro atoms. The van der Waals surface area contributed by atoms with E-state index in [9.17, 15) is 9.59 Å². The molecule has 1 atom stereocenters. The lowest BCUT2D eigenvalue weighted by molar-refractivity contribution is -0.122. The Balaban J connectivity index is 1.41. The van der Waals surface area contributed by atoms with Crippen LogP contribution < -0.4 is 10.6 Å². The van der Waals surface area contributed by atoms with E-state index < -0.39 is 0 Å². The van der Waals surface area contributed by atoms with Crippen molar-refractivity contribution in [1.82, 2.24) is 10.3 Å². The van der Waals surface area contributed by atoms with Crippen molar-refractivity contribution in [3.63, 3.8) is 0 Å². The first-order chi connectivity index (χ1) is 13.6. The van der Waals surface area contributed by atoms with Gasteiger partial charge in [-0.3, -0.25) is 14.9 Å². The summed E-state index contributed by atoms with van der Waals surface area (Å²) in [4.78, 5) is 30.6. The highest BCUT2D eigenvalue weighted by molar-refractivity contribution is 7.16. The summed E-state index contributed by atoms with van der Waals surface area (Å²) >= 11 is 7.29. The highest BCUT2D eigenvalue weighted by Gasteiger charge is 2.32. The van der Waals surface area contributed by atoms with Gasteiger partial charge >= 0.3 is 0 Å². The normalized spacial score (nSPS) is 15.1. The number of fused-ring (bicyclic) bond motifs is 1. The lowest BCUT2D eigenvalue weighted by Crippen LogP contribution is -2.28. The number of halogens is 1. The van der Waals surface area contributed by atoms with E-state index in [2.05, 4.69) is 15.6 Å². The van der Waals surface area contributed by atoms with Crippen LogP contribution in [0.3, 0.4) is 0 Å². The number of thiazole rings is 1. The molecule has 0 aliphatic heterocycles. The Kier molecular flexibility index (Phi) is 5.41. The number of amides is 2. The van der Waals surface area contributed by atoms with E-state index >= 15 is 0 Å². The molecule has 28 heavy (non-hydrogen) atoms. The van der Waals surface area contributed by atoms with Crippen LogP contribution in [-0.2, 0) is 17.8 Å². The van der Waals surface area contributed by atoms with Gasteiger partial charge in [0, 0.05) is 22.0 Å². The zero-order valence-corrected chi connectivity index (χ0v) is 16.5. The third-order valence-corrected chi connectivity index (χ3v) is 5.97. The van der Waals surface area contributed by atoms with Gasteiger partial charge in [-0.2, -0.15) is 0 Å². The van der Waals surface area contributed by atoms with Gasteiger partial charge in [-0.05, 0) is 42.7 Å². The molecule has 0 saturated heterocycles. The summed E-state index contributed by atoms with van der Waals surface area (Å²) in [6, 6.07) is 16.5. The quantitative estimate of drug-likeness (QED) is 0.653. The van der Waals surface area contributed by atoms with E-state index in [1.165, 1.54) is 11.3 Å². The van der Waals surface area contributed by atoms with Gasteiger partial charge in [0.25, 0.3) is 5.91 Å². The van der Waals surface area contributed by atoms with Crippen LogP contribution in [-0.4, -0.2) is 16.8 Å². The fourth-order valence-electron chi connectivity index (χ4n) is 3.21. The number of nitrogens with one attached hydrogen (secondary N) is 2. The van der Waals surface area contributed by atoms with Gasteiger partial charge < -0.3 is 5.32 Å². The van der Waals surface area contributed by atoms with Gasteiger partial charge in [0.05, 0.1) is 11.6 Å². The van der Waals surface area contributed by atoms with Gasteiger partial charge in [-0.25, -0.2) is 4.98 Å². The number of hydrogen-bond donors (Lipinski definition) is 2. The molecule has 7 heteroatoms. The Labute approximate surface area is 171 Å². The lowest BCUT2D eigenvalue weighted by Gasteiger charge is -2.10. The zero-order chi connectivity index (χ0) is 19.5. The van der Waals surface area contributed by atoms with Crippen molar-refractivity contribution < 1.29 is 9.59 Å². The monoisotopic (exact) mass is 411 g/mol. The number of hydrogen-bond acceptors (Lipinski definition) is 4. The minimum atomic E-state index is -0.267. The number of carbonyl (C=O) groups is 2. The van der Waals surface area contributed by atoms with E-state index in [0.29, 0.717) is 22.3 Å². The Bertz CT molecular complexity index is 1000. The van der Waals surface area contributed by atoms with Crippen molar-refractivity contribution in [2.45, 2.75) is 25.3 Å². The first kappa shape index (κ1) is 18.7. The molecule has 0 fully saturated rings. The van der Waals surface area contributed by atoms with Gasteiger partial charge in [0.1, 0.15) is 0 Å². The van der Waals surface area contributed by atoms with E-state index in [1.54, 1.807) is 24.3 Å². The smallest absolute Gasteiger partial charge is 0.257 e. The molecule has 1 unspecified atom stereocenters. The number of aryl methyl sites for hydroxylation is 1. The number of benzene rings is 2. The molecule has 0 radical (unpaired) electrons. The maximum atomic E-state index is 12.6. The zero-order valence-electron chi connectivity index (χ0n) is 14.9. The lowest BCUT2D eigenvalue weighted by atomic mass is 10.1. The number of aromatic nitrogens is 1. The molecular formula is C21H18ClN3O2S. The van der Waals surface area contributed by atoms with Crippen molar-refractivity contribution in [3.05, 3.63) is 81.3 Å². The molecule has 0 bridgehead atoms. The van der Waals surface area contributed by atoms with Crippen molar-refractivity contribution in [1.29, 1.82) is 0 Å². The topological polar surface area (TPSA) is 71.1 Å². The number of rotatable bonds is 5. The number of carbonyl (C=O) groups excluding carboxylic acids is 2. The van der Waals surface area contributed by atoms with E-state index in [-0.39, 0.29) is 17.7 Å². The van der Waals surface area contributed by atoms with E-state index in [4.69, 9.17) is 11.6 Å². The minimum absolute atomic E-state index is 0.0246. The fraction of sp³-hybridized carbons (Fsp3) is 0.190. The molecule has 1 aromatic heterocycles. The molecule has 142 valence electrons. The largest absolute Gasteiger partial charge is 0.351 e. The molecule has 1 aliphatic carbocycles. The SMILES string of the molecule is O=C(Nc1nc2c(s1)CCC2C(=O)NCc1ccccc1)c1ccc(Cl)cc1. The minimum Gasteiger partial charge on any atom is -0.351 e. The van der Waals surface area contributed by atoms with Crippen LogP contribution >= 0.6 is 22.9 Å². The maximum Gasteiger partial charge on any atom is 0.257 e. The van der Waals surface area contributed by atoms with Crippen molar-refractivity contribution in [3.8, 4) is 0 Å². The highest BCUT2D eigenvalue weighted by atomic mass is 35.5. The van der Waals surface area contributed by atoms with Crippen molar-refractivity contribution in [2.24, 2.45) is 0 Å². The summed E-state index contributed by atoms with van der Waals surface area (Å²) in [5.41, 5.74) is 2.35. The molecule has 4 rings (SSSR count). The predicted octanol–water partition coefficient (Wildman–Crippen LogP) is 4.40. The molecular weight excluding hydrogens is 394 g/mol. The average molecular weight is 412 g/mol. The first-order valence-electron chi connectivity index (χ1n) is 8.98. The summed E-state index contributed by atoms with van der Waals surface area (Å²) in [5.74, 6) is -0.534. The van der Waals surface area contributed by atoms with Crippen LogP contribution in [0.15, 0.2) is 54.6 Å². The number of anilines is 1. The van der Waals surface area contributed by atoms with Gasteiger partial charge in [0.2, 0.25) is 5.91 Å². The second-order valence-electron chi connectivity index (χ2n) is 6.58. The highest BCUT2D eigenvalue weighted by Crippen LogP contribution is 2.38. The Morgan fingerprint density at radius 3 is 2.61 bits per heavy atom. The molecule has 3 aromatic rings. The third-order valence-electron chi connectivity index (χ3n) is 4.67. The number of nitrogens with zero attached hydrogens (tertiary/aromatic N) is 1. The Hall–Kier alpha value is -2.70. The standard InChI is InChI=1S/C21H18ClN3O2S/c22-15-8-6-14(7-9-15)19(26)25-21-24-18-16(10-11-17(18)28-21)20(27)23-12-13-4-2-1-3-5-13/h1-9,16H,10-12H2,(H,23,27)(H,24,25,26). The van der Waals surface area contributed by atoms with Gasteiger partial charge in [-0.15, -0.1) is 11.3 Å². The predicted molar refractivity (Wildman–Crippen MR) is 111 cm³/mol. The van der Waals surface area contributed by atoms with Crippen molar-refractivity contribution >= 4 is 39.9 Å². The first-order valence-corrected chi connectivity index (χ1v) is 10.2. The van der Waals surface area contributed by atoms with Crippen LogP contribution in [0.4, 0.5) is 5.13 Å². The second-order valence-corrected chi connectivity index (χ2v) is 8.10. The van der Waals surface area contributed by atoms with Crippen LogP contribution in [0.5, 0.6) is 0 Å². The van der Waals surface area contributed by atoms with Gasteiger partial charge in [-0.1, -0.05) is 41.9 Å². The Morgan fingerprint density at radius 1 is 1.11 bits per heavy atom. The fourth-order valence-corrected chi connectivity index (χ4v) is 4.37. The molecule has 2 aromatic carbocycles. The van der Waals surface area contributed by atoms with Crippen LogP contribution in [0.2, 0.25) is 5.02 Å². The summed E-state index contributed by atoms with van der Waals surface area (Å²) in [5, 5.41) is 6.90. The summed E-state index contributed by atoms with van der Waals surface area (Å²) in [6.45, 7) is 0.496. The molecule has 1 heterocycles. The molecule has 5 nitrogen and oxygen atoms in total.